The number of benzene rings is 5. The van der Waals surface area contributed by atoms with Gasteiger partial charge in [-0.15, -0.1) is 11.1 Å². The van der Waals surface area contributed by atoms with Gasteiger partial charge in [0.25, 0.3) is 0 Å². The molecule has 5 aromatic rings. The van der Waals surface area contributed by atoms with Gasteiger partial charge in [0.2, 0.25) is 0 Å². The minimum absolute atomic E-state index is 0.998. The molecule has 0 bridgehead atoms. The van der Waals surface area contributed by atoms with E-state index in [0.717, 1.165) is 36.8 Å². The summed E-state index contributed by atoms with van der Waals surface area (Å²) in [5.74, 6) is 6.94. The maximum absolute atomic E-state index is 3.69. The average Bonchev–Trinajstić information content (AvgIpc) is 3.19. The molecule has 5 aromatic carbocycles. The highest BCUT2D eigenvalue weighted by Crippen LogP contribution is 2.33. The Kier molecular flexibility index (Phi) is 14.5. The Labute approximate surface area is 328 Å². The Morgan fingerprint density at radius 1 is 0.444 bits per heavy atom. The molecule has 0 aliphatic rings. The van der Waals surface area contributed by atoms with Crippen molar-refractivity contribution in [2.75, 3.05) is 0 Å². The van der Waals surface area contributed by atoms with Crippen molar-refractivity contribution in [3.8, 4) is 22.9 Å². The van der Waals surface area contributed by atoms with Crippen molar-refractivity contribution in [1.29, 1.82) is 0 Å². The fraction of sp³-hybridized carbons (Fsp3) is 0.192. The highest BCUT2D eigenvalue weighted by Gasteiger charge is 2.20. The Bertz CT molecular complexity index is 2030. The molecular formula is C52H54Si2. The van der Waals surface area contributed by atoms with Crippen LogP contribution in [0.5, 0.6) is 0 Å². The van der Waals surface area contributed by atoms with Crippen LogP contribution in [0.2, 0.25) is 26.2 Å². The highest BCUT2D eigenvalue weighted by molar-refractivity contribution is 6.90. The van der Waals surface area contributed by atoms with Crippen molar-refractivity contribution < 1.29 is 0 Å². The Morgan fingerprint density at radius 2 is 0.759 bits per heavy atom. The maximum atomic E-state index is 3.69. The summed E-state index contributed by atoms with van der Waals surface area (Å²) in [6.45, 7) is 13.9. The number of allylic oxidation sites excluding steroid dienone is 4. The van der Waals surface area contributed by atoms with Gasteiger partial charge in [0.15, 0.2) is 16.1 Å². The van der Waals surface area contributed by atoms with Gasteiger partial charge in [0.05, 0.1) is 0 Å². The normalized spacial score (nSPS) is 12.7. The first-order chi connectivity index (χ1) is 26.1. The fourth-order valence-electron chi connectivity index (χ4n) is 6.46. The zero-order chi connectivity index (χ0) is 38.2. The third-order valence-corrected chi connectivity index (χ3v) is 12.7. The lowest BCUT2D eigenvalue weighted by molar-refractivity contribution is 0.935. The van der Waals surface area contributed by atoms with Crippen molar-refractivity contribution in [3.63, 3.8) is 0 Å². The molecule has 0 aliphatic heterocycles. The summed E-state index contributed by atoms with van der Waals surface area (Å²) in [6.07, 6.45) is 8.92. The van der Waals surface area contributed by atoms with Gasteiger partial charge in [-0.05, 0) is 81.7 Å². The van der Waals surface area contributed by atoms with E-state index in [2.05, 4.69) is 220 Å². The molecule has 0 saturated carbocycles. The van der Waals surface area contributed by atoms with Gasteiger partial charge in [-0.25, -0.2) is 0 Å². The van der Waals surface area contributed by atoms with Gasteiger partial charge < -0.3 is 0 Å². The van der Waals surface area contributed by atoms with E-state index in [1.54, 1.807) is 0 Å². The molecule has 0 amide bonds. The molecule has 0 N–H and O–H groups in total. The van der Waals surface area contributed by atoms with Crippen LogP contribution in [0.1, 0.15) is 72.9 Å². The quantitative estimate of drug-likeness (QED) is 0.0680. The monoisotopic (exact) mass is 734 g/mol. The van der Waals surface area contributed by atoms with E-state index in [4.69, 9.17) is 0 Å². The van der Waals surface area contributed by atoms with Crippen LogP contribution in [0.15, 0.2) is 168 Å². The standard InChI is InChI=1S/C52H54Si2/c1-7-21-49(51(47-27-17-11-18-28-47)41-53(3,4)37-35-43-23-13-9-14-24-43)39-45-31-33-46(34-32-45)40-50(22-8-2)52(48-29-19-12-20-30-48)42-54(5,6)38-36-44-25-15-10-16-26-44/h9-20,23-34,39-42H,7-8,21-22H2,1-6H3. The molecule has 0 heterocycles. The van der Waals surface area contributed by atoms with Gasteiger partial charge in [-0.2, -0.15) is 0 Å². The summed E-state index contributed by atoms with van der Waals surface area (Å²) in [5.41, 5.74) is 24.8. The number of rotatable bonds is 12. The molecule has 0 radical (unpaired) electrons. The molecule has 0 aromatic heterocycles. The largest absolute Gasteiger partial charge is 0.156 e. The van der Waals surface area contributed by atoms with E-state index < -0.39 is 16.1 Å². The van der Waals surface area contributed by atoms with Gasteiger partial charge in [-0.1, -0.05) is 210 Å². The highest BCUT2D eigenvalue weighted by atomic mass is 28.3. The predicted molar refractivity (Wildman–Crippen MR) is 243 cm³/mol. The number of hydrogen-bond acceptors (Lipinski definition) is 0. The van der Waals surface area contributed by atoms with Gasteiger partial charge in [0, 0.05) is 11.1 Å². The Balaban J connectivity index is 1.52. The minimum atomic E-state index is -2.04. The Morgan fingerprint density at radius 3 is 1.07 bits per heavy atom. The van der Waals surface area contributed by atoms with Crippen molar-refractivity contribution >= 4 is 39.4 Å². The Hall–Kier alpha value is -5.39. The first-order valence-corrected chi connectivity index (χ1v) is 25.5. The van der Waals surface area contributed by atoms with Crippen molar-refractivity contribution in [2.24, 2.45) is 0 Å². The zero-order valence-corrected chi connectivity index (χ0v) is 35.0. The second-order valence-corrected chi connectivity index (χ2v) is 23.0. The lowest BCUT2D eigenvalue weighted by atomic mass is 9.93. The molecule has 270 valence electrons. The number of hydrogen-bond donors (Lipinski definition) is 0. The fourth-order valence-corrected chi connectivity index (χ4v) is 9.69. The molecular weight excluding hydrogens is 681 g/mol. The summed E-state index contributed by atoms with van der Waals surface area (Å²) in [4.78, 5) is 0. The molecule has 0 spiro atoms. The van der Waals surface area contributed by atoms with Crippen molar-refractivity contribution in [3.05, 3.63) is 202 Å². The molecule has 0 fully saturated rings. The van der Waals surface area contributed by atoms with Crippen LogP contribution in [0.3, 0.4) is 0 Å². The molecule has 0 nitrogen and oxygen atoms in total. The van der Waals surface area contributed by atoms with Crippen LogP contribution in [-0.4, -0.2) is 16.1 Å². The summed E-state index contributed by atoms with van der Waals surface area (Å²) in [5, 5.41) is 0. The third-order valence-electron chi connectivity index (χ3n) is 9.13. The van der Waals surface area contributed by atoms with Crippen LogP contribution in [0.25, 0.3) is 23.3 Å². The lowest BCUT2D eigenvalue weighted by Crippen LogP contribution is -2.21. The minimum Gasteiger partial charge on any atom is -0.121 e. The summed E-state index contributed by atoms with van der Waals surface area (Å²) >= 11 is 0. The lowest BCUT2D eigenvalue weighted by Gasteiger charge is -2.18. The molecule has 54 heavy (non-hydrogen) atoms. The molecule has 0 unspecified atom stereocenters. The molecule has 5 rings (SSSR count). The smallest absolute Gasteiger partial charge is 0.121 e. The molecule has 2 heteroatoms. The summed E-state index contributed by atoms with van der Waals surface area (Å²) in [6, 6.07) is 51.5. The average molecular weight is 735 g/mol. The first-order valence-electron chi connectivity index (χ1n) is 19.4. The van der Waals surface area contributed by atoms with Crippen LogP contribution in [0, 0.1) is 22.9 Å². The van der Waals surface area contributed by atoms with Crippen LogP contribution in [0.4, 0.5) is 0 Å². The SMILES string of the molecule is CCCC(=Cc1ccc(C=C(CCC)C(=C[Si](C)(C)C#Cc2ccccc2)c2ccccc2)cc1)C(=C[Si](C)(C)C#Cc1ccccc1)c1ccccc1. The van der Waals surface area contributed by atoms with E-state index in [9.17, 15) is 0 Å². The van der Waals surface area contributed by atoms with E-state index in [1.165, 1.54) is 44.5 Å². The molecule has 0 atom stereocenters. The summed E-state index contributed by atoms with van der Waals surface area (Å²) < 4.78 is 0. The predicted octanol–water partition coefficient (Wildman–Crippen LogP) is 13.9. The van der Waals surface area contributed by atoms with E-state index in [-0.39, 0.29) is 0 Å². The van der Waals surface area contributed by atoms with E-state index in [1.807, 2.05) is 12.1 Å². The molecule has 0 aliphatic carbocycles. The third kappa shape index (κ3) is 12.4. The summed E-state index contributed by atoms with van der Waals surface area (Å²) in [7, 11) is -4.08. The second-order valence-electron chi connectivity index (χ2n) is 15.0. The van der Waals surface area contributed by atoms with Crippen molar-refractivity contribution in [2.45, 2.75) is 65.7 Å². The first kappa shape index (κ1) is 39.8. The van der Waals surface area contributed by atoms with E-state index in [0.29, 0.717) is 0 Å². The van der Waals surface area contributed by atoms with Crippen LogP contribution >= 0.6 is 0 Å². The second kappa shape index (κ2) is 19.6. The van der Waals surface area contributed by atoms with Crippen LogP contribution < -0.4 is 0 Å². The van der Waals surface area contributed by atoms with Crippen LogP contribution in [-0.2, 0) is 0 Å². The molecule has 0 saturated heterocycles. The van der Waals surface area contributed by atoms with Gasteiger partial charge in [0.1, 0.15) is 0 Å². The van der Waals surface area contributed by atoms with Gasteiger partial charge >= 0.3 is 0 Å². The topological polar surface area (TPSA) is 0 Å². The zero-order valence-electron chi connectivity index (χ0n) is 33.0. The van der Waals surface area contributed by atoms with Gasteiger partial charge in [-0.3, -0.25) is 0 Å². The van der Waals surface area contributed by atoms with E-state index >= 15 is 0 Å². The maximum Gasteiger partial charge on any atom is 0.156 e. The van der Waals surface area contributed by atoms with Crippen molar-refractivity contribution in [1.82, 2.24) is 0 Å².